The normalized spacial score (nSPS) is 16.8. The minimum absolute atomic E-state index is 0.147. The van der Waals surface area contributed by atoms with Gasteiger partial charge in [-0.1, -0.05) is 25.0 Å². The van der Waals surface area contributed by atoms with E-state index in [1.807, 2.05) is 0 Å². The van der Waals surface area contributed by atoms with E-state index >= 15 is 0 Å². The molecule has 4 rings (SSSR count). The summed E-state index contributed by atoms with van der Waals surface area (Å²) in [6.07, 6.45) is 4.88. The Hall–Kier alpha value is -2.45. The molecule has 1 heterocycles. The van der Waals surface area contributed by atoms with Crippen molar-refractivity contribution in [1.29, 1.82) is 0 Å². The van der Waals surface area contributed by atoms with Gasteiger partial charge < -0.3 is 15.7 Å². The molecule has 2 aromatic rings. The fourth-order valence-corrected chi connectivity index (χ4v) is 4.68. The van der Waals surface area contributed by atoms with Crippen LogP contribution in [-0.4, -0.2) is 36.2 Å². The number of hydrogen-bond donors (Lipinski definition) is 3. The van der Waals surface area contributed by atoms with Crippen LogP contribution < -0.4 is 15.5 Å². The number of carbonyl (C=O) groups is 2. The highest BCUT2D eigenvalue weighted by Crippen LogP contribution is 2.33. The number of urea groups is 1. The molecule has 31 heavy (non-hydrogen) atoms. The molecule has 164 valence electrons. The lowest BCUT2D eigenvalue weighted by Crippen LogP contribution is -2.42. The van der Waals surface area contributed by atoms with E-state index in [0.29, 0.717) is 34.3 Å². The third-order valence-corrected chi connectivity index (χ3v) is 6.59. The van der Waals surface area contributed by atoms with Crippen molar-refractivity contribution < 1.29 is 19.1 Å². The van der Waals surface area contributed by atoms with E-state index in [9.17, 15) is 19.1 Å². The zero-order valence-electron chi connectivity index (χ0n) is 17.0. The molecule has 1 unspecified atom stereocenters. The summed E-state index contributed by atoms with van der Waals surface area (Å²) in [6, 6.07) is 9.06. The van der Waals surface area contributed by atoms with Gasteiger partial charge in [0.1, 0.15) is 5.82 Å². The molecule has 1 aliphatic heterocycles. The zero-order valence-corrected chi connectivity index (χ0v) is 18.6. The third kappa shape index (κ3) is 4.75. The smallest absolute Gasteiger partial charge is 0.322 e. The van der Waals surface area contributed by atoms with Crippen molar-refractivity contribution in [2.45, 2.75) is 44.2 Å². The number of amides is 3. The maximum atomic E-state index is 14.0. The monoisotopic (exact) mass is 489 g/mol. The first-order valence-electron chi connectivity index (χ1n) is 10.5. The minimum atomic E-state index is -0.684. The predicted molar refractivity (Wildman–Crippen MR) is 120 cm³/mol. The van der Waals surface area contributed by atoms with Crippen molar-refractivity contribution >= 4 is 33.6 Å². The first-order valence-corrected chi connectivity index (χ1v) is 11.3. The Balaban J connectivity index is 1.47. The molecule has 0 spiro atoms. The Labute approximate surface area is 189 Å². The van der Waals surface area contributed by atoms with Gasteiger partial charge in [-0.2, -0.15) is 0 Å². The number of rotatable bonds is 5. The number of nitrogens with zero attached hydrogens (tertiary/aromatic N) is 1. The van der Waals surface area contributed by atoms with E-state index < -0.39 is 17.9 Å². The quantitative estimate of drug-likeness (QED) is 0.591. The molecule has 1 saturated carbocycles. The largest absolute Gasteiger partial charge is 0.394 e. The lowest BCUT2D eigenvalue weighted by atomic mass is 10.0. The topological polar surface area (TPSA) is 81.7 Å². The molecule has 1 atom stereocenters. The van der Waals surface area contributed by atoms with E-state index in [4.69, 9.17) is 0 Å². The molecular weight excluding hydrogens is 465 g/mol. The average molecular weight is 490 g/mol. The number of nitrogens with one attached hydrogen (secondary N) is 2. The molecule has 2 aliphatic rings. The van der Waals surface area contributed by atoms with Gasteiger partial charge in [0.2, 0.25) is 0 Å². The maximum absolute atomic E-state index is 14.0. The van der Waals surface area contributed by atoms with Crippen molar-refractivity contribution in [2.75, 3.05) is 18.1 Å². The third-order valence-electron chi connectivity index (χ3n) is 5.98. The highest BCUT2D eigenvalue weighted by Gasteiger charge is 2.28. The number of aliphatic hydroxyl groups excluding tert-OH is 1. The van der Waals surface area contributed by atoms with E-state index in [1.54, 1.807) is 30.3 Å². The lowest BCUT2D eigenvalue weighted by Gasteiger charge is -2.23. The SMILES string of the molecule is O=C(NC1CCCC1)c1cccc(C(CO)NC(=O)N2CCc3cc(Br)c(F)cc32)c1. The molecule has 0 bridgehead atoms. The van der Waals surface area contributed by atoms with Gasteiger partial charge in [-0.3, -0.25) is 9.69 Å². The van der Waals surface area contributed by atoms with Gasteiger partial charge in [-0.15, -0.1) is 0 Å². The van der Waals surface area contributed by atoms with Gasteiger partial charge in [0.25, 0.3) is 5.91 Å². The van der Waals surface area contributed by atoms with Gasteiger partial charge in [0.05, 0.1) is 22.8 Å². The van der Waals surface area contributed by atoms with E-state index in [2.05, 4.69) is 26.6 Å². The Morgan fingerprint density at radius 1 is 1.23 bits per heavy atom. The van der Waals surface area contributed by atoms with Crippen LogP contribution in [0.4, 0.5) is 14.9 Å². The standard InChI is InChI=1S/C23H25BrFN3O3/c24-18-11-15-8-9-28(21(15)12-19(18)25)23(31)27-20(13-29)14-4-3-5-16(10-14)22(30)26-17-6-1-2-7-17/h3-5,10-12,17,20,29H,1-2,6-9,13H2,(H,26,30)(H,27,31). The number of fused-ring (bicyclic) bond motifs is 1. The molecule has 0 aromatic heterocycles. The van der Waals surface area contributed by atoms with Gasteiger partial charge >= 0.3 is 6.03 Å². The van der Waals surface area contributed by atoms with E-state index in [0.717, 1.165) is 31.2 Å². The van der Waals surface area contributed by atoms with Crippen LogP contribution in [0.5, 0.6) is 0 Å². The van der Waals surface area contributed by atoms with Gasteiger partial charge in [-0.25, -0.2) is 9.18 Å². The lowest BCUT2D eigenvalue weighted by molar-refractivity contribution is 0.0937. The molecule has 8 heteroatoms. The predicted octanol–water partition coefficient (Wildman–Crippen LogP) is 4.07. The number of hydrogen-bond acceptors (Lipinski definition) is 3. The van der Waals surface area contributed by atoms with Crippen molar-refractivity contribution in [3.8, 4) is 0 Å². The van der Waals surface area contributed by atoms with Crippen LogP contribution >= 0.6 is 15.9 Å². The first kappa shape index (κ1) is 21.8. The number of anilines is 1. The number of halogens is 2. The van der Waals surface area contributed by atoms with Crippen molar-refractivity contribution in [3.63, 3.8) is 0 Å². The Morgan fingerprint density at radius 3 is 2.74 bits per heavy atom. The van der Waals surface area contributed by atoms with Crippen LogP contribution in [0, 0.1) is 5.82 Å². The molecule has 0 saturated heterocycles. The second-order valence-corrected chi connectivity index (χ2v) is 8.92. The summed E-state index contributed by atoms with van der Waals surface area (Å²) in [6.45, 7) is 0.105. The Morgan fingerprint density at radius 2 is 2.00 bits per heavy atom. The van der Waals surface area contributed by atoms with Crippen LogP contribution in [0.25, 0.3) is 0 Å². The van der Waals surface area contributed by atoms with Gasteiger partial charge in [0.15, 0.2) is 0 Å². The highest BCUT2D eigenvalue weighted by atomic mass is 79.9. The van der Waals surface area contributed by atoms with Crippen molar-refractivity contribution in [2.24, 2.45) is 0 Å². The number of carbonyl (C=O) groups excluding carboxylic acids is 2. The number of benzene rings is 2. The molecule has 1 fully saturated rings. The molecule has 1 aliphatic carbocycles. The van der Waals surface area contributed by atoms with Gasteiger partial charge in [0, 0.05) is 18.2 Å². The summed E-state index contributed by atoms with van der Waals surface area (Å²) in [4.78, 5) is 26.9. The van der Waals surface area contributed by atoms with E-state index in [-0.39, 0.29) is 18.6 Å². The van der Waals surface area contributed by atoms with Crippen LogP contribution in [-0.2, 0) is 6.42 Å². The Kier molecular flexibility index (Phi) is 6.57. The fraction of sp³-hybridized carbons (Fsp3) is 0.391. The van der Waals surface area contributed by atoms with Crippen LogP contribution in [0.1, 0.15) is 53.2 Å². The fourth-order valence-electron chi connectivity index (χ4n) is 4.29. The molecular formula is C23H25BrFN3O3. The zero-order chi connectivity index (χ0) is 22.0. The van der Waals surface area contributed by atoms with Crippen molar-refractivity contribution in [1.82, 2.24) is 10.6 Å². The summed E-state index contributed by atoms with van der Waals surface area (Å²) in [5.41, 5.74) is 2.54. The summed E-state index contributed by atoms with van der Waals surface area (Å²) >= 11 is 3.17. The molecule has 2 aromatic carbocycles. The number of aliphatic hydroxyl groups is 1. The van der Waals surface area contributed by atoms with Crippen LogP contribution in [0.15, 0.2) is 40.9 Å². The van der Waals surface area contributed by atoms with Crippen LogP contribution in [0.3, 0.4) is 0 Å². The molecule has 6 nitrogen and oxygen atoms in total. The first-order chi connectivity index (χ1) is 15.0. The summed E-state index contributed by atoms with van der Waals surface area (Å²) < 4.78 is 14.4. The molecule has 0 radical (unpaired) electrons. The second kappa shape index (κ2) is 9.36. The maximum Gasteiger partial charge on any atom is 0.322 e. The van der Waals surface area contributed by atoms with Gasteiger partial charge in [-0.05, 0) is 70.6 Å². The highest BCUT2D eigenvalue weighted by molar-refractivity contribution is 9.10. The summed E-state index contributed by atoms with van der Waals surface area (Å²) in [7, 11) is 0. The molecule has 3 amide bonds. The Bertz CT molecular complexity index is 994. The second-order valence-electron chi connectivity index (χ2n) is 8.06. The van der Waals surface area contributed by atoms with Crippen molar-refractivity contribution in [3.05, 3.63) is 63.4 Å². The molecule has 3 N–H and O–H groups in total. The van der Waals surface area contributed by atoms with Crippen LogP contribution in [0.2, 0.25) is 0 Å². The minimum Gasteiger partial charge on any atom is -0.394 e. The summed E-state index contributed by atoms with van der Waals surface area (Å²) in [5.74, 6) is -0.579. The summed E-state index contributed by atoms with van der Waals surface area (Å²) in [5, 5.41) is 15.8. The average Bonchev–Trinajstić information content (AvgIpc) is 3.42. The van der Waals surface area contributed by atoms with E-state index in [1.165, 1.54) is 11.0 Å².